The average molecular weight is 382 g/mol. The van der Waals surface area contributed by atoms with Crippen LogP contribution in [-0.2, 0) is 10.0 Å². The molecule has 0 aliphatic rings. The molecule has 0 fully saturated rings. The number of benzene rings is 2. The van der Waals surface area contributed by atoms with Gasteiger partial charge in [0, 0.05) is 29.4 Å². The molecule has 0 radical (unpaired) electrons. The lowest BCUT2D eigenvalue weighted by Gasteiger charge is -2.11. The van der Waals surface area contributed by atoms with E-state index >= 15 is 0 Å². The molecule has 1 amide bonds. The molecular formula is C17H20ClN3O3S. The number of carbonyl (C=O) groups excluding carboxylic acids is 1. The molecule has 0 aliphatic carbocycles. The molecule has 8 heteroatoms. The van der Waals surface area contributed by atoms with E-state index in [1.807, 2.05) is 19.0 Å². The Kier molecular flexibility index (Phi) is 6.41. The van der Waals surface area contributed by atoms with Gasteiger partial charge in [0.25, 0.3) is 15.9 Å². The predicted molar refractivity (Wildman–Crippen MR) is 99.6 cm³/mol. The van der Waals surface area contributed by atoms with Crippen LogP contribution in [-0.4, -0.2) is 46.4 Å². The normalized spacial score (nSPS) is 11.4. The van der Waals surface area contributed by atoms with Gasteiger partial charge in [-0.05, 0) is 62.6 Å². The zero-order valence-electron chi connectivity index (χ0n) is 14.0. The molecular weight excluding hydrogens is 362 g/mol. The molecule has 0 atom stereocenters. The third-order valence-electron chi connectivity index (χ3n) is 3.37. The summed E-state index contributed by atoms with van der Waals surface area (Å²) in [7, 11) is 0.104. The van der Waals surface area contributed by atoms with Gasteiger partial charge in [-0.3, -0.25) is 9.52 Å². The van der Waals surface area contributed by atoms with E-state index in [4.69, 9.17) is 11.6 Å². The molecule has 0 saturated heterocycles. The van der Waals surface area contributed by atoms with Crippen LogP contribution in [0.4, 0.5) is 5.69 Å². The van der Waals surface area contributed by atoms with Crippen LogP contribution in [0, 0.1) is 0 Å². The second-order valence-corrected chi connectivity index (χ2v) is 7.81. The minimum atomic E-state index is -3.73. The van der Waals surface area contributed by atoms with E-state index in [1.54, 1.807) is 24.3 Å². The second-order valence-electron chi connectivity index (χ2n) is 5.70. The summed E-state index contributed by atoms with van der Waals surface area (Å²) < 4.78 is 27.2. The maximum Gasteiger partial charge on any atom is 0.261 e. The molecule has 6 nitrogen and oxygen atoms in total. The van der Waals surface area contributed by atoms with Crippen LogP contribution >= 0.6 is 11.6 Å². The fraction of sp³-hybridized carbons (Fsp3) is 0.235. The number of halogens is 1. The van der Waals surface area contributed by atoms with Gasteiger partial charge in [-0.1, -0.05) is 11.6 Å². The van der Waals surface area contributed by atoms with Crippen molar-refractivity contribution >= 4 is 33.2 Å². The molecule has 0 heterocycles. The molecule has 2 aromatic carbocycles. The van der Waals surface area contributed by atoms with Gasteiger partial charge in [-0.15, -0.1) is 0 Å². The lowest BCUT2D eigenvalue weighted by Crippen LogP contribution is -2.31. The first-order valence-electron chi connectivity index (χ1n) is 7.59. The van der Waals surface area contributed by atoms with Crippen molar-refractivity contribution in [2.75, 3.05) is 31.9 Å². The molecule has 0 bridgehead atoms. The highest BCUT2D eigenvalue weighted by Crippen LogP contribution is 2.18. The van der Waals surface area contributed by atoms with E-state index in [0.717, 1.165) is 6.54 Å². The summed E-state index contributed by atoms with van der Waals surface area (Å²) >= 11 is 5.78. The van der Waals surface area contributed by atoms with Crippen LogP contribution < -0.4 is 10.0 Å². The summed E-state index contributed by atoms with van der Waals surface area (Å²) in [5.74, 6) is -0.239. The van der Waals surface area contributed by atoms with Gasteiger partial charge in [0.05, 0.1) is 4.90 Å². The molecule has 0 spiro atoms. The van der Waals surface area contributed by atoms with E-state index in [2.05, 4.69) is 10.0 Å². The van der Waals surface area contributed by atoms with Crippen molar-refractivity contribution in [3.63, 3.8) is 0 Å². The van der Waals surface area contributed by atoms with E-state index in [1.165, 1.54) is 24.3 Å². The summed E-state index contributed by atoms with van der Waals surface area (Å²) in [4.78, 5) is 14.0. The van der Waals surface area contributed by atoms with Crippen molar-refractivity contribution < 1.29 is 13.2 Å². The van der Waals surface area contributed by atoms with Gasteiger partial charge in [0.15, 0.2) is 0 Å². The van der Waals surface area contributed by atoms with Gasteiger partial charge < -0.3 is 10.2 Å². The highest BCUT2D eigenvalue weighted by Gasteiger charge is 2.15. The predicted octanol–water partition coefficient (Wildman–Crippen LogP) is 2.43. The Balaban J connectivity index is 2.05. The fourth-order valence-corrected chi connectivity index (χ4v) is 3.20. The topological polar surface area (TPSA) is 78.5 Å². The Bertz CT molecular complexity index is 819. The Morgan fingerprint density at radius 2 is 1.64 bits per heavy atom. The van der Waals surface area contributed by atoms with Crippen LogP contribution in [0.2, 0.25) is 5.02 Å². The minimum absolute atomic E-state index is 0.0762. The van der Waals surface area contributed by atoms with Crippen LogP contribution in [0.15, 0.2) is 53.4 Å². The van der Waals surface area contributed by atoms with Crippen LogP contribution in [0.3, 0.4) is 0 Å². The SMILES string of the molecule is CN(C)CCNC(=O)c1ccc(S(=O)(=O)Nc2ccc(Cl)cc2)cc1. The van der Waals surface area contributed by atoms with Crippen molar-refractivity contribution in [2.24, 2.45) is 0 Å². The third-order valence-corrected chi connectivity index (χ3v) is 5.02. The summed E-state index contributed by atoms with van der Waals surface area (Å²) in [5.41, 5.74) is 0.819. The van der Waals surface area contributed by atoms with Gasteiger partial charge in [0.1, 0.15) is 0 Å². The number of nitrogens with zero attached hydrogens (tertiary/aromatic N) is 1. The number of likely N-dealkylation sites (N-methyl/N-ethyl adjacent to an activating group) is 1. The molecule has 0 aromatic heterocycles. The first-order valence-corrected chi connectivity index (χ1v) is 9.45. The lowest BCUT2D eigenvalue weighted by atomic mass is 10.2. The van der Waals surface area contributed by atoms with E-state index in [-0.39, 0.29) is 10.8 Å². The third kappa shape index (κ3) is 5.74. The number of anilines is 1. The van der Waals surface area contributed by atoms with Crippen LogP contribution in [0.25, 0.3) is 0 Å². The second kappa shape index (κ2) is 8.33. The number of sulfonamides is 1. The van der Waals surface area contributed by atoms with E-state index in [9.17, 15) is 13.2 Å². The van der Waals surface area contributed by atoms with Gasteiger partial charge in [-0.25, -0.2) is 8.42 Å². The largest absolute Gasteiger partial charge is 0.351 e. The highest BCUT2D eigenvalue weighted by molar-refractivity contribution is 7.92. The highest BCUT2D eigenvalue weighted by atomic mass is 35.5. The summed E-state index contributed by atoms with van der Waals surface area (Å²) in [6, 6.07) is 12.1. The number of hydrogen-bond acceptors (Lipinski definition) is 4. The van der Waals surface area contributed by atoms with E-state index < -0.39 is 10.0 Å². The van der Waals surface area contributed by atoms with Crippen LogP contribution in [0.5, 0.6) is 0 Å². The number of carbonyl (C=O) groups is 1. The molecule has 0 saturated carbocycles. The zero-order chi connectivity index (χ0) is 18.4. The first kappa shape index (κ1) is 19.2. The van der Waals surface area contributed by atoms with Crippen molar-refractivity contribution in [1.82, 2.24) is 10.2 Å². The Morgan fingerprint density at radius 1 is 1.04 bits per heavy atom. The molecule has 134 valence electrons. The summed E-state index contributed by atoms with van der Waals surface area (Å²) in [6.45, 7) is 1.24. The van der Waals surface area contributed by atoms with Crippen molar-refractivity contribution in [2.45, 2.75) is 4.90 Å². The number of nitrogens with one attached hydrogen (secondary N) is 2. The molecule has 2 rings (SSSR count). The van der Waals surface area contributed by atoms with Crippen LogP contribution in [0.1, 0.15) is 10.4 Å². The number of rotatable bonds is 7. The monoisotopic (exact) mass is 381 g/mol. The minimum Gasteiger partial charge on any atom is -0.351 e. The standard InChI is InChI=1S/C17H20ClN3O3S/c1-21(2)12-11-19-17(22)13-3-9-16(10-4-13)25(23,24)20-15-7-5-14(18)6-8-15/h3-10,20H,11-12H2,1-2H3,(H,19,22). The van der Waals surface area contributed by atoms with Crippen molar-refractivity contribution in [3.05, 3.63) is 59.1 Å². The van der Waals surface area contributed by atoms with E-state index in [0.29, 0.717) is 22.8 Å². The Labute approximate surface area is 152 Å². The van der Waals surface area contributed by atoms with Gasteiger partial charge in [0.2, 0.25) is 0 Å². The van der Waals surface area contributed by atoms with Crippen molar-refractivity contribution in [3.8, 4) is 0 Å². The average Bonchev–Trinajstić information content (AvgIpc) is 2.56. The fourth-order valence-electron chi connectivity index (χ4n) is 2.01. The zero-order valence-corrected chi connectivity index (χ0v) is 15.6. The number of amides is 1. The smallest absolute Gasteiger partial charge is 0.261 e. The van der Waals surface area contributed by atoms with Gasteiger partial charge in [-0.2, -0.15) is 0 Å². The summed E-state index contributed by atoms with van der Waals surface area (Å²) in [6.07, 6.45) is 0. The quantitative estimate of drug-likeness (QED) is 0.772. The maximum absolute atomic E-state index is 12.4. The molecule has 0 aliphatic heterocycles. The molecule has 2 aromatic rings. The summed E-state index contributed by atoms with van der Waals surface area (Å²) in [5, 5.41) is 3.30. The van der Waals surface area contributed by atoms with Crippen molar-refractivity contribution in [1.29, 1.82) is 0 Å². The lowest BCUT2D eigenvalue weighted by molar-refractivity contribution is 0.0951. The molecule has 25 heavy (non-hydrogen) atoms. The maximum atomic E-state index is 12.4. The first-order chi connectivity index (χ1) is 11.8. The Hall–Kier alpha value is -2.09. The molecule has 0 unspecified atom stereocenters. The Morgan fingerprint density at radius 3 is 2.20 bits per heavy atom. The molecule has 2 N–H and O–H groups in total. The number of hydrogen-bond donors (Lipinski definition) is 2. The van der Waals surface area contributed by atoms with Gasteiger partial charge >= 0.3 is 0 Å².